The van der Waals surface area contributed by atoms with E-state index in [2.05, 4.69) is 15.5 Å². The van der Waals surface area contributed by atoms with Crippen LogP contribution in [0.15, 0.2) is 54.6 Å². The lowest BCUT2D eigenvalue weighted by atomic mass is 9.74. The summed E-state index contributed by atoms with van der Waals surface area (Å²) in [7, 11) is 0. The van der Waals surface area contributed by atoms with E-state index in [0.29, 0.717) is 6.42 Å². The Morgan fingerprint density at radius 2 is 1.64 bits per heavy atom. The first-order valence-corrected chi connectivity index (χ1v) is 9.69. The maximum atomic E-state index is 13.1. The Morgan fingerprint density at radius 3 is 2.25 bits per heavy atom. The summed E-state index contributed by atoms with van der Waals surface area (Å²) in [5, 5.41) is 5.39. The largest absolute Gasteiger partial charge is 0.323 e. The first-order chi connectivity index (χ1) is 13.5. The highest BCUT2D eigenvalue weighted by Crippen LogP contribution is 2.34. The fraction of sp³-hybridized carbons (Fsp3) is 0.364. The van der Waals surface area contributed by atoms with Gasteiger partial charge in [0.1, 0.15) is 11.4 Å². The van der Waals surface area contributed by atoms with Gasteiger partial charge in [0.15, 0.2) is 0 Å². The van der Waals surface area contributed by atoms with Gasteiger partial charge in [-0.15, -0.1) is 0 Å². The number of carbonyl (C=O) groups is 2. The molecule has 0 aromatic heterocycles. The van der Waals surface area contributed by atoms with Crippen LogP contribution in [0.2, 0.25) is 0 Å². The van der Waals surface area contributed by atoms with Crippen LogP contribution in [0.5, 0.6) is 0 Å². The third kappa shape index (κ3) is 3.78. The van der Waals surface area contributed by atoms with E-state index in [-0.39, 0.29) is 17.6 Å². The minimum absolute atomic E-state index is 0.0728. The molecule has 2 heterocycles. The van der Waals surface area contributed by atoms with E-state index in [4.69, 9.17) is 0 Å². The molecular formula is C22H24FN3O2. The zero-order valence-corrected chi connectivity index (χ0v) is 15.7. The average molecular weight is 381 g/mol. The van der Waals surface area contributed by atoms with Crippen molar-refractivity contribution < 1.29 is 14.0 Å². The van der Waals surface area contributed by atoms with Gasteiger partial charge in [0.05, 0.1) is 0 Å². The Kier molecular flexibility index (Phi) is 5.13. The number of piperidine rings is 1. The quantitative estimate of drug-likeness (QED) is 0.783. The second-order valence-corrected chi connectivity index (χ2v) is 7.72. The highest BCUT2D eigenvalue weighted by atomic mass is 19.1. The van der Waals surface area contributed by atoms with Crippen LogP contribution in [-0.4, -0.2) is 35.5 Å². The van der Waals surface area contributed by atoms with E-state index in [1.54, 1.807) is 0 Å². The molecule has 2 saturated heterocycles. The third-order valence-electron chi connectivity index (χ3n) is 5.90. The first-order valence-electron chi connectivity index (χ1n) is 9.69. The van der Waals surface area contributed by atoms with E-state index in [1.165, 1.54) is 12.1 Å². The van der Waals surface area contributed by atoms with Crippen LogP contribution < -0.4 is 10.6 Å². The molecular weight excluding hydrogens is 357 g/mol. The maximum Gasteiger partial charge on any atom is 0.322 e. The smallest absolute Gasteiger partial charge is 0.322 e. The van der Waals surface area contributed by atoms with E-state index >= 15 is 0 Å². The van der Waals surface area contributed by atoms with E-state index in [1.807, 2.05) is 42.5 Å². The fourth-order valence-corrected chi connectivity index (χ4v) is 4.41. The SMILES string of the molecule is O=C1NC(=O)C(Cc2ccccc2)(C2CCN(Cc3ccc(F)cc3)CC2)N1. The van der Waals surface area contributed by atoms with E-state index < -0.39 is 11.6 Å². The van der Waals surface area contributed by atoms with E-state index in [9.17, 15) is 14.0 Å². The Balaban J connectivity index is 1.46. The zero-order chi connectivity index (χ0) is 19.6. The molecule has 0 aliphatic carbocycles. The van der Waals surface area contributed by atoms with Crippen molar-refractivity contribution in [2.24, 2.45) is 5.92 Å². The predicted octanol–water partition coefficient (Wildman–Crippen LogP) is 2.86. The minimum Gasteiger partial charge on any atom is -0.323 e. The van der Waals surface area contributed by atoms with Crippen molar-refractivity contribution in [1.82, 2.24) is 15.5 Å². The summed E-state index contributed by atoms with van der Waals surface area (Å²) < 4.78 is 13.1. The Morgan fingerprint density at radius 1 is 0.964 bits per heavy atom. The van der Waals surface area contributed by atoms with Crippen LogP contribution in [0, 0.1) is 11.7 Å². The number of likely N-dealkylation sites (tertiary alicyclic amines) is 1. The molecule has 4 rings (SSSR count). The highest BCUT2D eigenvalue weighted by Gasteiger charge is 2.52. The summed E-state index contributed by atoms with van der Waals surface area (Å²) in [6.45, 7) is 2.43. The molecule has 6 heteroatoms. The molecule has 2 aliphatic heterocycles. The van der Waals surface area contributed by atoms with Crippen molar-refractivity contribution in [3.63, 3.8) is 0 Å². The monoisotopic (exact) mass is 381 g/mol. The molecule has 3 amide bonds. The number of nitrogens with zero attached hydrogens (tertiary/aromatic N) is 1. The van der Waals surface area contributed by atoms with Gasteiger partial charge in [-0.3, -0.25) is 15.0 Å². The molecule has 0 radical (unpaired) electrons. The third-order valence-corrected chi connectivity index (χ3v) is 5.90. The van der Waals surface area contributed by atoms with Gasteiger partial charge in [0.2, 0.25) is 0 Å². The highest BCUT2D eigenvalue weighted by molar-refractivity contribution is 6.07. The van der Waals surface area contributed by atoms with Crippen LogP contribution in [0.4, 0.5) is 9.18 Å². The lowest BCUT2D eigenvalue weighted by molar-refractivity contribution is -0.126. The van der Waals surface area contributed by atoms with Gasteiger partial charge >= 0.3 is 6.03 Å². The number of rotatable bonds is 5. The molecule has 5 nitrogen and oxygen atoms in total. The maximum absolute atomic E-state index is 13.1. The van der Waals surface area contributed by atoms with Gasteiger partial charge in [0.25, 0.3) is 5.91 Å². The summed E-state index contributed by atoms with van der Waals surface area (Å²) >= 11 is 0. The van der Waals surface area contributed by atoms with Gasteiger partial charge in [-0.05, 0) is 55.1 Å². The van der Waals surface area contributed by atoms with Gasteiger partial charge in [-0.1, -0.05) is 42.5 Å². The lowest BCUT2D eigenvalue weighted by Gasteiger charge is -2.40. The second-order valence-electron chi connectivity index (χ2n) is 7.72. The van der Waals surface area contributed by atoms with Crippen LogP contribution in [0.1, 0.15) is 24.0 Å². The summed E-state index contributed by atoms with van der Waals surface area (Å²) in [6.07, 6.45) is 2.14. The van der Waals surface area contributed by atoms with Gasteiger partial charge in [-0.2, -0.15) is 0 Å². The molecule has 2 fully saturated rings. The van der Waals surface area contributed by atoms with Crippen LogP contribution in [0.3, 0.4) is 0 Å². The van der Waals surface area contributed by atoms with Crippen LogP contribution >= 0.6 is 0 Å². The second kappa shape index (κ2) is 7.72. The predicted molar refractivity (Wildman–Crippen MR) is 104 cm³/mol. The molecule has 1 atom stereocenters. The Hall–Kier alpha value is -2.73. The van der Waals surface area contributed by atoms with Crippen molar-refractivity contribution in [2.45, 2.75) is 31.3 Å². The number of hydrogen-bond acceptors (Lipinski definition) is 3. The molecule has 2 aromatic rings. The molecule has 2 aliphatic rings. The molecule has 0 spiro atoms. The molecule has 0 bridgehead atoms. The van der Waals surface area contributed by atoms with Crippen LogP contribution in [-0.2, 0) is 17.8 Å². The van der Waals surface area contributed by atoms with E-state index in [0.717, 1.165) is 43.6 Å². The van der Waals surface area contributed by atoms with Crippen molar-refractivity contribution in [2.75, 3.05) is 13.1 Å². The number of amides is 3. The standard InChI is InChI=1S/C22H24FN3O2/c23-19-8-6-17(7-9-19)15-26-12-10-18(11-13-26)22(20(27)24-21(28)25-22)14-16-4-2-1-3-5-16/h1-9,18H,10-15H2,(H2,24,25,27,28). The Labute approximate surface area is 163 Å². The van der Waals surface area contributed by atoms with Crippen molar-refractivity contribution >= 4 is 11.9 Å². The average Bonchev–Trinajstić information content (AvgIpc) is 2.99. The van der Waals surface area contributed by atoms with Gasteiger partial charge in [0, 0.05) is 13.0 Å². The minimum atomic E-state index is -0.888. The molecule has 2 aromatic carbocycles. The number of benzene rings is 2. The number of imide groups is 1. The normalized spacial score (nSPS) is 23.5. The molecule has 28 heavy (non-hydrogen) atoms. The Bertz CT molecular complexity index is 848. The number of carbonyl (C=O) groups excluding carboxylic acids is 2. The number of nitrogens with one attached hydrogen (secondary N) is 2. The van der Waals surface area contributed by atoms with Crippen molar-refractivity contribution in [3.8, 4) is 0 Å². The molecule has 0 saturated carbocycles. The summed E-state index contributed by atoms with van der Waals surface area (Å²) in [5.41, 5.74) is 1.22. The van der Waals surface area contributed by atoms with Crippen molar-refractivity contribution in [1.29, 1.82) is 0 Å². The lowest BCUT2D eigenvalue weighted by Crippen LogP contribution is -2.57. The number of hydrogen-bond donors (Lipinski definition) is 2. The summed E-state index contributed by atoms with van der Waals surface area (Å²) in [6, 6.07) is 16.0. The molecule has 146 valence electrons. The fourth-order valence-electron chi connectivity index (χ4n) is 4.41. The van der Waals surface area contributed by atoms with Gasteiger partial charge in [-0.25, -0.2) is 9.18 Å². The van der Waals surface area contributed by atoms with Crippen LogP contribution in [0.25, 0.3) is 0 Å². The number of halogens is 1. The topological polar surface area (TPSA) is 61.4 Å². The summed E-state index contributed by atoms with van der Waals surface area (Å²) in [5.74, 6) is -0.379. The number of urea groups is 1. The first kappa shape index (κ1) is 18.6. The van der Waals surface area contributed by atoms with Crippen molar-refractivity contribution in [3.05, 3.63) is 71.5 Å². The molecule has 1 unspecified atom stereocenters. The summed E-state index contributed by atoms with van der Waals surface area (Å²) in [4.78, 5) is 27.0. The van der Waals surface area contributed by atoms with Gasteiger partial charge < -0.3 is 5.32 Å². The zero-order valence-electron chi connectivity index (χ0n) is 15.7. The molecule has 2 N–H and O–H groups in total.